The molecule has 1 amide bonds. The molecule has 0 aliphatic carbocycles. The van der Waals surface area contributed by atoms with E-state index in [0.29, 0.717) is 13.1 Å². The molecule has 0 aliphatic heterocycles. The summed E-state index contributed by atoms with van der Waals surface area (Å²) in [7, 11) is 0. The molecular formula is C14H21BrN2O. The molecule has 0 saturated carbocycles. The highest BCUT2D eigenvalue weighted by Gasteiger charge is 2.22. The zero-order valence-electron chi connectivity index (χ0n) is 11.2. The van der Waals surface area contributed by atoms with Crippen LogP contribution in [0.25, 0.3) is 0 Å². The van der Waals surface area contributed by atoms with Crippen molar-refractivity contribution in [3.63, 3.8) is 0 Å². The average molecular weight is 313 g/mol. The number of nitrogens with two attached hydrogens (primary N) is 1. The minimum Gasteiger partial charge on any atom is -0.337 e. The molecule has 0 spiro atoms. The fourth-order valence-electron chi connectivity index (χ4n) is 1.67. The van der Waals surface area contributed by atoms with Gasteiger partial charge in [0.15, 0.2) is 0 Å². The number of likely N-dealkylation sites (N-methyl/N-ethyl adjacent to an activating group) is 1. The van der Waals surface area contributed by atoms with Gasteiger partial charge in [-0.1, -0.05) is 48.0 Å². The molecule has 2 N–H and O–H groups in total. The Morgan fingerprint density at radius 2 is 2.00 bits per heavy atom. The summed E-state index contributed by atoms with van der Waals surface area (Å²) in [6.07, 6.45) is 0. The van der Waals surface area contributed by atoms with Gasteiger partial charge >= 0.3 is 0 Å². The van der Waals surface area contributed by atoms with E-state index in [-0.39, 0.29) is 11.8 Å². The zero-order chi connectivity index (χ0) is 13.7. The lowest BCUT2D eigenvalue weighted by Crippen LogP contribution is -2.46. The van der Waals surface area contributed by atoms with Crippen molar-refractivity contribution in [2.45, 2.75) is 33.4 Å². The first-order valence-electron chi connectivity index (χ1n) is 6.25. The molecule has 0 heterocycles. The van der Waals surface area contributed by atoms with Crippen molar-refractivity contribution >= 4 is 21.8 Å². The van der Waals surface area contributed by atoms with Crippen LogP contribution in [0.1, 0.15) is 26.3 Å². The van der Waals surface area contributed by atoms with Crippen LogP contribution in [0.15, 0.2) is 28.7 Å². The summed E-state index contributed by atoms with van der Waals surface area (Å²) in [5.41, 5.74) is 7.03. The molecule has 0 radical (unpaired) electrons. The molecule has 18 heavy (non-hydrogen) atoms. The smallest absolute Gasteiger partial charge is 0.240 e. The molecular weight excluding hydrogens is 292 g/mol. The molecule has 3 nitrogen and oxygen atoms in total. The number of carbonyl (C=O) groups is 1. The fourth-order valence-corrected chi connectivity index (χ4v) is 2.08. The second kappa shape index (κ2) is 6.90. The van der Waals surface area contributed by atoms with E-state index in [9.17, 15) is 4.79 Å². The van der Waals surface area contributed by atoms with Crippen molar-refractivity contribution in [2.24, 2.45) is 11.7 Å². The van der Waals surface area contributed by atoms with Crippen LogP contribution in [0.3, 0.4) is 0 Å². The highest BCUT2D eigenvalue weighted by Crippen LogP contribution is 2.18. The first kappa shape index (κ1) is 15.2. The Morgan fingerprint density at radius 1 is 1.39 bits per heavy atom. The van der Waals surface area contributed by atoms with Gasteiger partial charge in [-0.25, -0.2) is 0 Å². The van der Waals surface area contributed by atoms with Crippen molar-refractivity contribution in [3.8, 4) is 0 Å². The van der Waals surface area contributed by atoms with Gasteiger partial charge in [-0.15, -0.1) is 0 Å². The summed E-state index contributed by atoms with van der Waals surface area (Å²) in [4.78, 5) is 14.0. The fraction of sp³-hybridized carbons (Fsp3) is 0.500. The quantitative estimate of drug-likeness (QED) is 0.908. The van der Waals surface area contributed by atoms with E-state index in [0.717, 1.165) is 10.0 Å². The van der Waals surface area contributed by atoms with Crippen LogP contribution >= 0.6 is 15.9 Å². The topological polar surface area (TPSA) is 46.3 Å². The predicted octanol–water partition coefficient (Wildman–Crippen LogP) is 2.78. The number of carbonyl (C=O) groups excluding carboxylic acids is 1. The van der Waals surface area contributed by atoms with Gasteiger partial charge in [-0.05, 0) is 24.5 Å². The third kappa shape index (κ3) is 3.82. The van der Waals surface area contributed by atoms with Crippen LogP contribution in [-0.4, -0.2) is 23.4 Å². The average Bonchev–Trinajstić information content (AvgIpc) is 2.36. The molecule has 1 aromatic rings. The van der Waals surface area contributed by atoms with Crippen molar-refractivity contribution < 1.29 is 4.79 Å². The Labute approximate surface area is 117 Å². The number of hydrogen-bond acceptors (Lipinski definition) is 2. The highest BCUT2D eigenvalue weighted by atomic mass is 79.9. The van der Waals surface area contributed by atoms with Crippen LogP contribution in [0.5, 0.6) is 0 Å². The van der Waals surface area contributed by atoms with E-state index in [4.69, 9.17) is 5.73 Å². The van der Waals surface area contributed by atoms with Crippen molar-refractivity contribution in [1.82, 2.24) is 4.90 Å². The van der Waals surface area contributed by atoms with E-state index < -0.39 is 6.04 Å². The Hall–Kier alpha value is -0.870. The second-order valence-electron chi connectivity index (χ2n) is 4.71. The molecule has 1 aromatic carbocycles. The summed E-state index contributed by atoms with van der Waals surface area (Å²) < 4.78 is 1.02. The molecule has 1 atom stereocenters. The lowest BCUT2D eigenvalue weighted by molar-refractivity contribution is -0.134. The van der Waals surface area contributed by atoms with Gasteiger partial charge in [0.25, 0.3) is 0 Å². The maximum absolute atomic E-state index is 12.2. The van der Waals surface area contributed by atoms with Gasteiger partial charge in [0, 0.05) is 17.6 Å². The number of amides is 1. The van der Waals surface area contributed by atoms with Gasteiger partial charge < -0.3 is 10.6 Å². The summed E-state index contributed by atoms with van der Waals surface area (Å²) >= 11 is 3.50. The van der Waals surface area contributed by atoms with Crippen LogP contribution in [-0.2, 0) is 11.3 Å². The molecule has 0 saturated heterocycles. The largest absolute Gasteiger partial charge is 0.337 e. The highest BCUT2D eigenvalue weighted by molar-refractivity contribution is 9.10. The van der Waals surface area contributed by atoms with E-state index in [1.807, 2.05) is 45.0 Å². The second-order valence-corrected chi connectivity index (χ2v) is 5.57. The van der Waals surface area contributed by atoms with Gasteiger partial charge in [-0.2, -0.15) is 0 Å². The lowest BCUT2D eigenvalue weighted by atomic mass is 10.0. The summed E-state index contributed by atoms with van der Waals surface area (Å²) in [6.45, 7) is 7.17. The minimum absolute atomic E-state index is 0.0169. The molecule has 0 aliphatic rings. The Kier molecular flexibility index (Phi) is 5.82. The van der Waals surface area contributed by atoms with E-state index in [1.165, 1.54) is 0 Å². The SMILES string of the molecule is CCN(Cc1ccccc1Br)C(=O)C(N)C(C)C. The zero-order valence-corrected chi connectivity index (χ0v) is 12.8. The van der Waals surface area contributed by atoms with Gasteiger partial charge in [0.2, 0.25) is 5.91 Å². The maximum Gasteiger partial charge on any atom is 0.240 e. The minimum atomic E-state index is -0.424. The number of benzene rings is 1. The third-order valence-corrected chi connectivity index (χ3v) is 3.79. The van der Waals surface area contributed by atoms with Gasteiger partial charge in [0.05, 0.1) is 6.04 Å². The maximum atomic E-state index is 12.2. The molecule has 0 aromatic heterocycles. The van der Waals surface area contributed by atoms with Crippen LogP contribution in [0, 0.1) is 5.92 Å². The molecule has 1 unspecified atom stereocenters. The van der Waals surface area contributed by atoms with Crippen LogP contribution in [0.4, 0.5) is 0 Å². The van der Waals surface area contributed by atoms with Crippen molar-refractivity contribution in [1.29, 1.82) is 0 Å². The Balaban J connectivity index is 2.80. The number of halogens is 1. The van der Waals surface area contributed by atoms with Gasteiger partial charge in [-0.3, -0.25) is 4.79 Å². The standard InChI is InChI=1S/C14H21BrN2O/c1-4-17(14(18)13(16)10(2)3)9-11-7-5-6-8-12(11)15/h5-8,10,13H,4,9,16H2,1-3H3. The summed E-state index contributed by atoms with van der Waals surface area (Å²) in [5.74, 6) is 0.175. The molecule has 4 heteroatoms. The van der Waals surface area contributed by atoms with Crippen LogP contribution in [0.2, 0.25) is 0 Å². The number of hydrogen-bond donors (Lipinski definition) is 1. The summed E-state index contributed by atoms with van der Waals surface area (Å²) in [6, 6.07) is 7.51. The first-order chi connectivity index (χ1) is 8.47. The normalized spacial score (nSPS) is 12.6. The Morgan fingerprint density at radius 3 is 2.50 bits per heavy atom. The summed E-state index contributed by atoms with van der Waals surface area (Å²) in [5, 5.41) is 0. The lowest BCUT2D eigenvalue weighted by Gasteiger charge is -2.26. The monoisotopic (exact) mass is 312 g/mol. The van der Waals surface area contributed by atoms with E-state index in [2.05, 4.69) is 15.9 Å². The Bertz CT molecular complexity index is 407. The van der Waals surface area contributed by atoms with Crippen molar-refractivity contribution in [2.75, 3.05) is 6.54 Å². The molecule has 0 fully saturated rings. The number of nitrogens with zero attached hydrogens (tertiary/aromatic N) is 1. The van der Waals surface area contributed by atoms with Crippen LogP contribution < -0.4 is 5.73 Å². The third-order valence-electron chi connectivity index (χ3n) is 3.02. The van der Waals surface area contributed by atoms with Gasteiger partial charge in [0.1, 0.15) is 0 Å². The predicted molar refractivity (Wildman–Crippen MR) is 78.0 cm³/mol. The molecule has 100 valence electrons. The van der Waals surface area contributed by atoms with E-state index >= 15 is 0 Å². The molecule has 0 bridgehead atoms. The van der Waals surface area contributed by atoms with E-state index in [1.54, 1.807) is 4.90 Å². The first-order valence-corrected chi connectivity index (χ1v) is 7.04. The van der Waals surface area contributed by atoms with Crippen molar-refractivity contribution in [3.05, 3.63) is 34.3 Å². The number of rotatable bonds is 5. The molecule has 1 rings (SSSR count).